The molecule has 0 aromatic rings. The van der Waals surface area contributed by atoms with Gasteiger partial charge in [-0.1, -0.05) is 19.7 Å². The number of ether oxygens (including phenoxy) is 3. The smallest absolute Gasteiger partial charge is 0.333 e. The molecule has 0 amide bonds. The van der Waals surface area contributed by atoms with Crippen LogP contribution < -0.4 is 0 Å². The second-order valence-electron chi connectivity index (χ2n) is 4.73. The Balaban J connectivity index is -0.000000322. The van der Waals surface area contributed by atoms with Gasteiger partial charge in [0.2, 0.25) is 0 Å². The van der Waals surface area contributed by atoms with E-state index in [0.717, 1.165) is 6.08 Å². The van der Waals surface area contributed by atoms with Crippen molar-refractivity contribution >= 4 is 17.9 Å². The third-order valence-electron chi connectivity index (χ3n) is 2.06. The van der Waals surface area contributed by atoms with Gasteiger partial charge >= 0.3 is 17.9 Å². The molecule has 0 unspecified atom stereocenters. The maximum absolute atomic E-state index is 10.6. The van der Waals surface area contributed by atoms with Gasteiger partial charge in [-0.3, -0.25) is 0 Å². The van der Waals surface area contributed by atoms with Gasteiger partial charge < -0.3 is 29.5 Å². The molecule has 0 aromatic carbocycles. The van der Waals surface area contributed by atoms with Crippen LogP contribution >= 0.6 is 0 Å². The van der Waals surface area contributed by atoms with Crippen LogP contribution in [-0.2, 0) is 28.6 Å². The van der Waals surface area contributed by atoms with Crippen molar-refractivity contribution in [1.29, 1.82) is 0 Å². The van der Waals surface area contributed by atoms with Crippen LogP contribution in [-0.4, -0.2) is 72.9 Å². The van der Waals surface area contributed by atoms with Crippen LogP contribution in [0.25, 0.3) is 0 Å². The lowest BCUT2D eigenvalue weighted by Crippen LogP contribution is -2.08. The van der Waals surface area contributed by atoms with E-state index in [9.17, 15) is 14.4 Å². The molecule has 0 aliphatic heterocycles. The quantitative estimate of drug-likeness (QED) is 0.208. The fourth-order valence-electron chi connectivity index (χ4n) is 0.819. The van der Waals surface area contributed by atoms with Crippen molar-refractivity contribution in [1.82, 2.24) is 0 Å². The third-order valence-corrected chi connectivity index (χ3v) is 2.06. The standard InChI is InChI=1S/C7H12O3.C6H10O3.C5H8O3/c1-6(2)7(9)10-5-3-4-8;1-5(2)6(8)9-4-3-7;1-2-5(7)8-4-3-6/h8H,1,3-5H2,2H3;7H,1,3-4H2,2H3;2,6H,1,3-4H2. The van der Waals surface area contributed by atoms with E-state index in [4.69, 9.17) is 15.3 Å². The maximum Gasteiger partial charge on any atom is 0.333 e. The molecule has 0 bridgehead atoms. The number of hydrogen-bond donors (Lipinski definition) is 3. The van der Waals surface area contributed by atoms with Crippen LogP contribution in [0.3, 0.4) is 0 Å². The van der Waals surface area contributed by atoms with Crippen LogP contribution in [0.5, 0.6) is 0 Å². The summed E-state index contributed by atoms with van der Waals surface area (Å²) in [7, 11) is 0. The Morgan fingerprint density at radius 3 is 1.52 bits per heavy atom. The summed E-state index contributed by atoms with van der Waals surface area (Å²) in [5.41, 5.74) is 0.737. The molecule has 0 fully saturated rings. The van der Waals surface area contributed by atoms with Crippen LogP contribution in [0, 0.1) is 0 Å². The summed E-state index contributed by atoms with van der Waals surface area (Å²) >= 11 is 0. The summed E-state index contributed by atoms with van der Waals surface area (Å²) in [5, 5.41) is 24.6. The molecule has 27 heavy (non-hydrogen) atoms. The number of esters is 3. The zero-order valence-corrected chi connectivity index (χ0v) is 15.9. The Bertz CT molecular complexity index is 469. The van der Waals surface area contributed by atoms with Crippen LogP contribution in [0.2, 0.25) is 0 Å². The van der Waals surface area contributed by atoms with Crippen molar-refractivity contribution in [3.05, 3.63) is 37.0 Å². The Kier molecular flexibility index (Phi) is 23.4. The highest BCUT2D eigenvalue weighted by atomic mass is 16.5. The molecule has 0 spiro atoms. The molecule has 9 nitrogen and oxygen atoms in total. The molecule has 0 saturated heterocycles. The molecule has 9 heteroatoms. The minimum absolute atomic E-state index is 0.0451. The molecule has 0 saturated carbocycles. The highest BCUT2D eigenvalue weighted by molar-refractivity contribution is 5.87. The first kappa shape index (κ1) is 29.3. The summed E-state index contributed by atoms with van der Waals surface area (Å²) < 4.78 is 13.4. The zero-order valence-electron chi connectivity index (χ0n) is 15.9. The monoisotopic (exact) mass is 390 g/mol. The summed E-state index contributed by atoms with van der Waals surface area (Å²) in [5.74, 6) is -1.35. The first-order valence-corrected chi connectivity index (χ1v) is 7.94. The van der Waals surface area contributed by atoms with Crippen LogP contribution in [0.15, 0.2) is 37.0 Å². The molecular formula is C18H30O9. The maximum atomic E-state index is 10.6. The van der Waals surface area contributed by atoms with Crippen molar-refractivity contribution < 1.29 is 43.9 Å². The molecule has 0 heterocycles. The molecule has 156 valence electrons. The summed E-state index contributed by atoms with van der Waals surface area (Å²) in [6.45, 7) is 13.2. The summed E-state index contributed by atoms with van der Waals surface area (Å²) in [6, 6.07) is 0. The first-order chi connectivity index (χ1) is 12.7. The summed E-state index contributed by atoms with van der Waals surface area (Å²) in [6.07, 6.45) is 1.54. The van der Waals surface area contributed by atoms with E-state index in [1.54, 1.807) is 13.8 Å². The molecular weight excluding hydrogens is 360 g/mol. The number of aliphatic hydroxyl groups excluding tert-OH is 3. The van der Waals surface area contributed by atoms with E-state index < -0.39 is 17.9 Å². The molecule has 0 radical (unpaired) electrons. The molecule has 0 aromatic heterocycles. The Labute approximate surface area is 159 Å². The Morgan fingerprint density at radius 1 is 0.778 bits per heavy atom. The average molecular weight is 390 g/mol. The van der Waals surface area contributed by atoms with Gasteiger partial charge in [0.25, 0.3) is 0 Å². The normalized spacial score (nSPS) is 8.63. The number of aliphatic hydroxyl groups is 3. The van der Waals surface area contributed by atoms with Gasteiger partial charge in [0, 0.05) is 30.2 Å². The third kappa shape index (κ3) is 25.9. The highest BCUT2D eigenvalue weighted by Gasteiger charge is 2.01. The van der Waals surface area contributed by atoms with E-state index in [1.165, 1.54) is 0 Å². The second kappa shape index (κ2) is 21.6. The largest absolute Gasteiger partial charge is 0.462 e. The SMILES string of the molecule is C=C(C)C(=O)OCCCO.C=C(C)C(=O)OCCO.C=CC(=O)OCCO. The van der Waals surface area contributed by atoms with Crippen molar-refractivity contribution in [2.45, 2.75) is 20.3 Å². The number of carbonyl (C=O) groups excluding carboxylic acids is 3. The van der Waals surface area contributed by atoms with Gasteiger partial charge in [0.1, 0.15) is 13.2 Å². The zero-order chi connectivity index (χ0) is 21.7. The van der Waals surface area contributed by atoms with E-state index in [2.05, 4.69) is 33.9 Å². The molecule has 0 rings (SSSR count). The van der Waals surface area contributed by atoms with Crippen molar-refractivity contribution in [3.63, 3.8) is 0 Å². The Hall–Kier alpha value is -2.49. The van der Waals surface area contributed by atoms with Crippen LogP contribution in [0.1, 0.15) is 20.3 Å². The van der Waals surface area contributed by atoms with E-state index in [-0.39, 0.29) is 39.6 Å². The average Bonchev–Trinajstić information content (AvgIpc) is 2.64. The highest BCUT2D eigenvalue weighted by Crippen LogP contribution is 1.92. The molecule has 0 aliphatic rings. The number of hydrogen-bond acceptors (Lipinski definition) is 9. The lowest BCUT2D eigenvalue weighted by Gasteiger charge is -2.00. The lowest BCUT2D eigenvalue weighted by atomic mass is 10.4. The Morgan fingerprint density at radius 2 is 1.19 bits per heavy atom. The van der Waals surface area contributed by atoms with E-state index in [0.29, 0.717) is 17.6 Å². The summed E-state index contributed by atoms with van der Waals surface area (Å²) in [4.78, 5) is 31.2. The molecule has 0 atom stereocenters. The minimum atomic E-state index is -0.501. The minimum Gasteiger partial charge on any atom is -0.462 e. The number of carbonyl (C=O) groups is 3. The fourth-order valence-corrected chi connectivity index (χ4v) is 0.819. The molecule has 0 aliphatic carbocycles. The fraction of sp³-hybridized carbons (Fsp3) is 0.500. The van der Waals surface area contributed by atoms with Crippen molar-refractivity contribution in [2.24, 2.45) is 0 Å². The first-order valence-electron chi connectivity index (χ1n) is 7.94. The van der Waals surface area contributed by atoms with Crippen LogP contribution in [0.4, 0.5) is 0 Å². The topological polar surface area (TPSA) is 140 Å². The predicted octanol–water partition coefficient (Wildman–Crippen LogP) is 0.294. The molecule has 3 N–H and O–H groups in total. The van der Waals surface area contributed by atoms with Gasteiger partial charge in [0.05, 0.1) is 19.8 Å². The van der Waals surface area contributed by atoms with Gasteiger partial charge in [-0.05, 0) is 13.8 Å². The van der Waals surface area contributed by atoms with Crippen molar-refractivity contribution in [2.75, 3.05) is 39.6 Å². The van der Waals surface area contributed by atoms with Gasteiger partial charge in [-0.2, -0.15) is 0 Å². The van der Waals surface area contributed by atoms with Gasteiger partial charge in [0.15, 0.2) is 0 Å². The second-order valence-corrected chi connectivity index (χ2v) is 4.73. The van der Waals surface area contributed by atoms with Gasteiger partial charge in [-0.15, -0.1) is 0 Å². The lowest BCUT2D eigenvalue weighted by molar-refractivity contribution is -0.140. The number of rotatable bonds is 10. The van der Waals surface area contributed by atoms with E-state index >= 15 is 0 Å². The van der Waals surface area contributed by atoms with Crippen molar-refractivity contribution in [3.8, 4) is 0 Å². The van der Waals surface area contributed by atoms with Gasteiger partial charge in [-0.25, -0.2) is 14.4 Å². The van der Waals surface area contributed by atoms with E-state index in [1.807, 2.05) is 0 Å². The predicted molar refractivity (Wildman–Crippen MR) is 98.6 cm³/mol.